The molecule has 3 aromatic rings. The molecule has 0 N–H and O–H groups in total. The Kier molecular flexibility index (Phi) is 5.56. The third-order valence-corrected chi connectivity index (χ3v) is 5.06. The van der Waals surface area contributed by atoms with Gasteiger partial charge in [0, 0.05) is 30.3 Å². The molecule has 0 bridgehead atoms. The van der Waals surface area contributed by atoms with E-state index < -0.39 is 0 Å². The van der Waals surface area contributed by atoms with E-state index in [2.05, 4.69) is 24.3 Å². The molecule has 1 aromatic heterocycles. The molecule has 0 radical (unpaired) electrons. The number of hydrogen-bond donors (Lipinski definition) is 0. The number of benzene rings is 2. The number of carbonyl (C=O) groups excluding carboxylic acids is 1. The summed E-state index contributed by atoms with van der Waals surface area (Å²) in [4.78, 5) is 14.3. The van der Waals surface area contributed by atoms with Crippen LogP contribution in [0.1, 0.15) is 17.4 Å². The Balaban J connectivity index is 1.81. The van der Waals surface area contributed by atoms with Crippen LogP contribution in [0.15, 0.2) is 60.0 Å². The lowest BCUT2D eigenvalue weighted by atomic mass is 10.1. The predicted molar refractivity (Wildman–Crippen MR) is 101 cm³/mol. The van der Waals surface area contributed by atoms with Gasteiger partial charge in [-0.25, -0.2) is 4.79 Å². The molecule has 0 saturated carbocycles. The fraction of sp³-hybridized carbons (Fsp3) is 0.250. The van der Waals surface area contributed by atoms with Gasteiger partial charge in [0.2, 0.25) is 0 Å². The Labute approximate surface area is 151 Å². The molecule has 0 fully saturated rings. The summed E-state index contributed by atoms with van der Waals surface area (Å²) in [6.45, 7) is 0.556. The van der Waals surface area contributed by atoms with E-state index in [1.54, 1.807) is 23.3 Å². The molecule has 1 atom stereocenters. The van der Waals surface area contributed by atoms with E-state index in [4.69, 9.17) is 9.47 Å². The second-order valence-corrected chi connectivity index (χ2v) is 6.76. The molecule has 1 unspecified atom stereocenters. The molecule has 25 heavy (non-hydrogen) atoms. The van der Waals surface area contributed by atoms with Crippen LogP contribution in [0.3, 0.4) is 0 Å². The average Bonchev–Trinajstić information content (AvgIpc) is 3.18. The molecule has 0 aliphatic rings. The number of amides is 1. The Bertz CT molecular complexity index is 827. The number of ether oxygens (including phenoxy) is 2. The van der Waals surface area contributed by atoms with Gasteiger partial charge in [-0.15, -0.1) is 11.3 Å². The van der Waals surface area contributed by atoms with E-state index in [0.717, 1.165) is 21.4 Å². The highest BCUT2D eigenvalue weighted by molar-refractivity contribution is 7.10. The van der Waals surface area contributed by atoms with E-state index in [1.807, 2.05) is 35.7 Å². The van der Waals surface area contributed by atoms with Crippen molar-refractivity contribution in [2.75, 3.05) is 20.7 Å². The maximum Gasteiger partial charge on any atom is 0.409 e. The fourth-order valence-corrected chi connectivity index (χ4v) is 3.53. The molecule has 0 aliphatic heterocycles. The zero-order chi connectivity index (χ0) is 17.6. The second-order valence-electron chi connectivity index (χ2n) is 5.78. The van der Waals surface area contributed by atoms with E-state index >= 15 is 0 Å². The van der Waals surface area contributed by atoms with Gasteiger partial charge in [-0.3, -0.25) is 0 Å². The van der Waals surface area contributed by atoms with E-state index in [9.17, 15) is 4.79 Å². The Morgan fingerprint density at radius 2 is 1.92 bits per heavy atom. The smallest absolute Gasteiger partial charge is 0.409 e. The van der Waals surface area contributed by atoms with Gasteiger partial charge < -0.3 is 14.4 Å². The van der Waals surface area contributed by atoms with Crippen LogP contribution in [0.5, 0.6) is 5.75 Å². The molecular weight excluding hydrogens is 334 g/mol. The summed E-state index contributed by atoms with van der Waals surface area (Å²) in [6, 6.07) is 18.3. The number of hydrogen-bond acceptors (Lipinski definition) is 4. The summed E-state index contributed by atoms with van der Waals surface area (Å²) in [5.41, 5.74) is 0. The molecule has 5 heteroatoms. The van der Waals surface area contributed by atoms with Gasteiger partial charge >= 0.3 is 6.09 Å². The van der Waals surface area contributed by atoms with Crippen molar-refractivity contribution in [1.29, 1.82) is 0 Å². The lowest BCUT2D eigenvalue weighted by Gasteiger charge is -2.22. The summed E-state index contributed by atoms with van der Waals surface area (Å²) in [5, 5.41) is 4.28. The minimum atomic E-state index is -0.338. The molecule has 1 heterocycles. The third-order valence-electron chi connectivity index (χ3n) is 4.09. The van der Waals surface area contributed by atoms with Crippen LogP contribution < -0.4 is 4.74 Å². The zero-order valence-corrected chi connectivity index (χ0v) is 15.2. The van der Waals surface area contributed by atoms with E-state index in [0.29, 0.717) is 13.0 Å². The standard InChI is InChI=1S/C20H21NO3S/c1-21(20(22)23-2)13-12-18(19-11-6-14-25-19)24-17-10-5-8-15-7-3-4-9-16(15)17/h3-11,14,18H,12-13H2,1-2H3. The van der Waals surface area contributed by atoms with Crippen LogP contribution >= 0.6 is 11.3 Å². The van der Waals surface area contributed by atoms with Crippen LogP contribution in [-0.4, -0.2) is 31.7 Å². The molecule has 0 spiro atoms. The number of nitrogens with zero attached hydrogens (tertiary/aromatic N) is 1. The minimum absolute atomic E-state index is 0.113. The summed E-state index contributed by atoms with van der Waals surface area (Å²) >= 11 is 1.66. The van der Waals surface area contributed by atoms with Crippen LogP contribution in [0.25, 0.3) is 10.8 Å². The highest BCUT2D eigenvalue weighted by atomic mass is 32.1. The summed E-state index contributed by atoms with van der Waals surface area (Å²) in [6.07, 6.45) is 0.239. The lowest BCUT2D eigenvalue weighted by Crippen LogP contribution is -2.29. The molecular formula is C20H21NO3S. The SMILES string of the molecule is COC(=O)N(C)CCC(Oc1cccc2ccccc12)c1cccs1. The Hall–Kier alpha value is -2.53. The molecule has 0 saturated heterocycles. The Morgan fingerprint density at radius 1 is 1.12 bits per heavy atom. The van der Waals surface area contributed by atoms with Gasteiger partial charge in [0.15, 0.2) is 0 Å². The van der Waals surface area contributed by atoms with Gasteiger partial charge in [0.05, 0.1) is 7.11 Å². The van der Waals surface area contributed by atoms with Crippen molar-refractivity contribution >= 4 is 28.2 Å². The lowest BCUT2D eigenvalue weighted by molar-refractivity contribution is 0.123. The molecule has 3 rings (SSSR count). The summed E-state index contributed by atoms with van der Waals surface area (Å²) < 4.78 is 11.1. The number of carbonyl (C=O) groups is 1. The first-order valence-corrected chi connectivity index (χ1v) is 9.04. The molecule has 0 aliphatic carbocycles. The summed E-state index contributed by atoms with van der Waals surface area (Å²) in [5.74, 6) is 0.859. The maximum absolute atomic E-state index is 11.6. The van der Waals surface area contributed by atoms with Crippen molar-refractivity contribution in [3.63, 3.8) is 0 Å². The monoisotopic (exact) mass is 355 g/mol. The van der Waals surface area contributed by atoms with Gasteiger partial charge in [-0.1, -0.05) is 42.5 Å². The van der Waals surface area contributed by atoms with Crippen LogP contribution in [0.4, 0.5) is 4.79 Å². The number of thiophene rings is 1. The van der Waals surface area contributed by atoms with Gasteiger partial charge in [-0.2, -0.15) is 0 Å². The zero-order valence-electron chi connectivity index (χ0n) is 14.3. The Morgan fingerprint density at radius 3 is 2.68 bits per heavy atom. The van der Waals surface area contributed by atoms with Gasteiger partial charge in [-0.05, 0) is 22.9 Å². The minimum Gasteiger partial charge on any atom is -0.484 e. The van der Waals surface area contributed by atoms with E-state index in [-0.39, 0.29) is 12.2 Å². The quantitative estimate of drug-likeness (QED) is 0.617. The van der Waals surface area contributed by atoms with Crippen LogP contribution in [-0.2, 0) is 4.74 Å². The van der Waals surface area contributed by atoms with Crippen molar-refractivity contribution in [2.24, 2.45) is 0 Å². The normalized spacial score (nSPS) is 11.9. The maximum atomic E-state index is 11.6. The van der Waals surface area contributed by atoms with Crippen LogP contribution in [0, 0.1) is 0 Å². The first-order valence-electron chi connectivity index (χ1n) is 8.16. The number of rotatable bonds is 6. The van der Waals surface area contributed by atoms with Crippen molar-refractivity contribution in [2.45, 2.75) is 12.5 Å². The topological polar surface area (TPSA) is 38.8 Å². The van der Waals surface area contributed by atoms with Crippen molar-refractivity contribution in [1.82, 2.24) is 4.90 Å². The molecule has 2 aromatic carbocycles. The van der Waals surface area contributed by atoms with Crippen molar-refractivity contribution in [3.05, 3.63) is 64.9 Å². The first-order chi connectivity index (χ1) is 12.2. The van der Waals surface area contributed by atoms with Gasteiger partial charge in [0.1, 0.15) is 11.9 Å². The predicted octanol–water partition coefficient (Wildman–Crippen LogP) is 5.11. The number of fused-ring (bicyclic) bond motifs is 1. The van der Waals surface area contributed by atoms with E-state index in [1.165, 1.54) is 7.11 Å². The van der Waals surface area contributed by atoms with Gasteiger partial charge in [0.25, 0.3) is 0 Å². The largest absolute Gasteiger partial charge is 0.484 e. The van der Waals surface area contributed by atoms with Crippen LogP contribution in [0.2, 0.25) is 0 Å². The summed E-state index contributed by atoms with van der Waals surface area (Å²) in [7, 11) is 3.12. The molecule has 1 amide bonds. The number of methoxy groups -OCH3 is 1. The average molecular weight is 355 g/mol. The fourth-order valence-electron chi connectivity index (χ4n) is 2.74. The first kappa shape index (κ1) is 17.3. The highest BCUT2D eigenvalue weighted by Gasteiger charge is 2.18. The van der Waals surface area contributed by atoms with Crippen molar-refractivity contribution in [3.8, 4) is 5.75 Å². The molecule has 130 valence electrons. The second kappa shape index (κ2) is 8.03. The highest BCUT2D eigenvalue weighted by Crippen LogP contribution is 2.32. The van der Waals surface area contributed by atoms with Crippen molar-refractivity contribution < 1.29 is 14.3 Å². The molecule has 4 nitrogen and oxygen atoms in total. The third kappa shape index (κ3) is 4.12.